The van der Waals surface area contributed by atoms with E-state index in [0.29, 0.717) is 25.3 Å². The molecule has 0 spiro atoms. The predicted molar refractivity (Wildman–Crippen MR) is 80.8 cm³/mol. The number of carbonyl (C=O) groups excluding carboxylic acids is 1. The van der Waals surface area contributed by atoms with Crippen molar-refractivity contribution in [2.24, 2.45) is 5.92 Å². The number of nitrogens with zero attached hydrogens (tertiary/aromatic N) is 2. The summed E-state index contributed by atoms with van der Waals surface area (Å²) in [5, 5.41) is 0. The fraction of sp³-hybridized carbons (Fsp3) is 0.571. The summed E-state index contributed by atoms with van der Waals surface area (Å²) in [4.78, 5) is 17.7. The lowest BCUT2D eigenvalue weighted by molar-refractivity contribution is -0.129. The molecule has 1 aromatic heterocycles. The molecular weight excluding hydrogens is 278 g/mol. The van der Waals surface area contributed by atoms with E-state index in [1.54, 1.807) is 30.3 Å². The molecule has 0 bridgehead atoms. The Morgan fingerprint density at radius 1 is 1.50 bits per heavy atom. The highest BCUT2D eigenvalue weighted by atomic mass is 35.5. The van der Waals surface area contributed by atoms with Crippen LogP contribution in [-0.4, -0.2) is 42.6 Å². The minimum absolute atomic E-state index is 0. The average Bonchev–Trinajstić information content (AvgIpc) is 3.21. The Labute approximate surface area is 125 Å². The van der Waals surface area contributed by atoms with E-state index in [4.69, 9.17) is 10.5 Å². The summed E-state index contributed by atoms with van der Waals surface area (Å²) >= 11 is 0. The highest BCUT2D eigenvalue weighted by Gasteiger charge is 2.21. The van der Waals surface area contributed by atoms with Crippen LogP contribution >= 0.6 is 12.4 Å². The van der Waals surface area contributed by atoms with Crippen molar-refractivity contribution in [1.29, 1.82) is 0 Å². The number of hydrogen-bond donors (Lipinski definition) is 1. The van der Waals surface area contributed by atoms with Crippen molar-refractivity contribution in [3.63, 3.8) is 0 Å². The van der Waals surface area contributed by atoms with Crippen LogP contribution in [0.25, 0.3) is 0 Å². The van der Waals surface area contributed by atoms with Crippen LogP contribution in [0.1, 0.15) is 18.5 Å². The lowest BCUT2D eigenvalue weighted by Gasteiger charge is -2.17. The van der Waals surface area contributed by atoms with Gasteiger partial charge in [0.05, 0.1) is 24.9 Å². The molecule has 0 atom stereocenters. The Morgan fingerprint density at radius 2 is 2.25 bits per heavy atom. The third-order valence-corrected chi connectivity index (χ3v) is 3.23. The van der Waals surface area contributed by atoms with Gasteiger partial charge in [-0.3, -0.25) is 9.78 Å². The van der Waals surface area contributed by atoms with Crippen LogP contribution in [0.3, 0.4) is 0 Å². The maximum absolute atomic E-state index is 11.9. The molecule has 0 aliphatic heterocycles. The zero-order chi connectivity index (χ0) is 13.7. The Morgan fingerprint density at radius 3 is 2.85 bits per heavy atom. The molecule has 1 saturated carbocycles. The maximum Gasteiger partial charge on any atom is 0.228 e. The molecule has 20 heavy (non-hydrogen) atoms. The molecule has 6 heteroatoms. The second kappa shape index (κ2) is 8.07. The number of halogens is 1. The molecule has 1 fully saturated rings. The number of hydrogen-bond acceptors (Lipinski definition) is 4. The van der Waals surface area contributed by atoms with Crippen molar-refractivity contribution in [3.05, 3.63) is 24.0 Å². The van der Waals surface area contributed by atoms with Gasteiger partial charge in [0.2, 0.25) is 5.91 Å². The van der Waals surface area contributed by atoms with Crippen molar-refractivity contribution < 1.29 is 9.53 Å². The zero-order valence-electron chi connectivity index (χ0n) is 11.7. The van der Waals surface area contributed by atoms with E-state index < -0.39 is 0 Å². The van der Waals surface area contributed by atoms with E-state index >= 15 is 0 Å². The molecule has 0 aromatic carbocycles. The van der Waals surface area contributed by atoms with Gasteiger partial charge in [-0.25, -0.2) is 0 Å². The Hall–Kier alpha value is -1.33. The number of rotatable bonds is 7. The molecule has 112 valence electrons. The number of amides is 1. The van der Waals surface area contributed by atoms with Crippen molar-refractivity contribution in [1.82, 2.24) is 9.88 Å². The van der Waals surface area contributed by atoms with Gasteiger partial charge in [0.25, 0.3) is 0 Å². The summed E-state index contributed by atoms with van der Waals surface area (Å²) in [5.41, 5.74) is 6.90. The third kappa shape index (κ3) is 5.75. The van der Waals surface area contributed by atoms with E-state index in [0.717, 1.165) is 18.2 Å². The number of nitrogen functional groups attached to an aromatic ring is 1. The molecule has 5 nitrogen and oxygen atoms in total. The van der Waals surface area contributed by atoms with Crippen molar-refractivity contribution in [2.75, 3.05) is 32.5 Å². The van der Waals surface area contributed by atoms with E-state index in [1.807, 2.05) is 0 Å². The van der Waals surface area contributed by atoms with Crippen molar-refractivity contribution in [2.45, 2.75) is 19.3 Å². The molecule has 1 aliphatic carbocycles. The van der Waals surface area contributed by atoms with Gasteiger partial charge in [-0.15, -0.1) is 12.4 Å². The zero-order valence-corrected chi connectivity index (χ0v) is 12.6. The van der Waals surface area contributed by atoms with Gasteiger partial charge in [-0.2, -0.15) is 0 Å². The van der Waals surface area contributed by atoms with Gasteiger partial charge >= 0.3 is 0 Å². The number of likely N-dealkylation sites (N-methyl/N-ethyl adjacent to an activating group) is 1. The molecule has 2 N–H and O–H groups in total. The highest BCUT2D eigenvalue weighted by molar-refractivity contribution is 5.85. The van der Waals surface area contributed by atoms with Crippen LogP contribution in [0.2, 0.25) is 0 Å². The standard InChI is InChI=1S/C14H21N3O2.ClH/c1-17(6-7-19-10-11-2-3-11)14(18)8-13-5-4-12(15)9-16-13;/h4-5,9,11H,2-3,6-8,10,15H2,1H3;1H. The van der Waals surface area contributed by atoms with E-state index in [-0.39, 0.29) is 18.3 Å². The van der Waals surface area contributed by atoms with Crippen LogP contribution in [0.4, 0.5) is 5.69 Å². The summed E-state index contributed by atoms with van der Waals surface area (Å²) in [5.74, 6) is 0.812. The van der Waals surface area contributed by atoms with Crippen LogP contribution in [0, 0.1) is 5.92 Å². The fourth-order valence-electron chi connectivity index (χ4n) is 1.69. The predicted octanol–water partition coefficient (Wildman–Crippen LogP) is 1.51. The minimum Gasteiger partial charge on any atom is -0.397 e. The highest BCUT2D eigenvalue weighted by Crippen LogP contribution is 2.28. The van der Waals surface area contributed by atoms with Crippen LogP contribution in [0.15, 0.2) is 18.3 Å². The van der Waals surface area contributed by atoms with E-state index in [1.165, 1.54) is 12.8 Å². The second-order valence-corrected chi connectivity index (χ2v) is 5.09. The monoisotopic (exact) mass is 299 g/mol. The SMILES string of the molecule is CN(CCOCC1CC1)C(=O)Cc1ccc(N)cn1.Cl. The molecule has 1 aromatic rings. The summed E-state index contributed by atoms with van der Waals surface area (Å²) in [6.45, 7) is 2.07. The van der Waals surface area contributed by atoms with Crippen LogP contribution in [-0.2, 0) is 16.0 Å². The number of anilines is 1. The van der Waals surface area contributed by atoms with Crippen molar-refractivity contribution in [3.8, 4) is 0 Å². The lowest BCUT2D eigenvalue weighted by Crippen LogP contribution is -2.31. The van der Waals surface area contributed by atoms with Crippen LogP contribution < -0.4 is 5.73 Å². The minimum atomic E-state index is 0. The normalized spacial score (nSPS) is 13.7. The molecule has 1 aliphatic rings. The quantitative estimate of drug-likeness (QED) is 0.775. The number of pyridine rings is 1. The first-order valence-corrected chi connectivity index (χ1v) is 6.67. The lowest BCUT2D eigenvalue weighted by atomic mass is 10.2. The van der Waals surface area contributed by atoms with Gasteiger partial charge in [0.1, 0.15) is 0 Å². The largest absolute Gasteiger partial charge is 0.397 e. The fourth-order valence-corrected chi connectivity index (χ4v) is 1.69. The smallest absolute Gasteiger partial charge is 0.228 e. The molecule has 0 radical (unpaired) electrons. The van der Waals surface area contributed by atoms with Gasteiger partial charge in [0.15, 0.2) is 0 Å². The first-order chi connectivity index (χ1) is 9.15. The number of ether oxygens (including phenoxy) is 1. The summed E-state index contributed by atoms with van der Waals surface area (Å²) in [6, 6.07) is 3.54. The third-order valence-electron chi connectivity index (χ3n) is 3.23. The van der Waals surface area contributed by atoms with Gasteiger partial charge in [0, 0.05) is 25.9 Å². The molecule has 0 saturated heterocycles. The second-order valence-electron chi connectivity index (χ2n) is 5.09. The van der Waals surface area contributed by atoms with E-state index in [2.05, 4.69) is 4.98 Å². The summed E-state index contributed by atoms with van der Waals surface area (Å²) in [7, 11) is 1.79. The molecular formula is C14H22ClN3O2. The molecule has 1 heterocycles. The number of aromatic nitrogens is 1. The topological polar surface area (TPSA) is 68.5 Å². The van der Waals surface area contributed by atoms with Gasteiger partial charge in [-0.05, 0) is 30.9 Å². The molecule has 2 rings (SSSR count). The summed E-state index contributed by atoms with van der Waals surface area (Å²) < 4.78 is 5.52. The average molecular weight is 300 g/mol. The Bertz CT molecular complexity index is 421. The molecule has 1 amide bonds. The summed E-state index contributed by atoms with van der Waals surface area (Å²) in [6.07, 6.45) is 4.45. The van der Waals surface area contributed by atoms with Gasteiger partial charge in [-0.1, -0.05) is 0 Å². The van der Waals surface area contributed by atoms with E-state index in [9.17, 15) is 4.79 Å². The van der Waals surface area contributed by atoms with Gasteiger partial charge < -0.3 is 15.4 Å². The number of nitrogens with two attached hydrogens (primary N) is 1. The Kier molecular flexibility index (Phi) is 6.75. The first kappa shape index (κ1) is 16.7. The van der Waals surface area contributed by atoms with Crippen LogP contribution in [0.5, 0.6) is 0 Å². The molecule has 0 unspecified atom stereocenters. The number of carbonyl (C=O) groups is 1. The maximum atomic E-state index is 11.9. The van der Waals surface area contributed by atoms with Crippen molar-refractivity contribution >= 4 is 24.0 Å². The Balaban J connectivity index is 0.00000200. The first-order valence-electron chi connectivity index (χ1n) is 6.67.